The van der Waals surface area contributed by atoms with Crippen LogP contribution in [0.2, 0.25) is 5.15 Å². The quantitative estimate of drug-likeness (QED) is 0.693. The monoisotopic (exact) mass is 208 g/mol. The van der Waals surface area contributed by atoms with Crippen molar-refractivity contribution in [2.45, 2.75) is 20.3 Å². The van der Waals surface area contributed by atoms with Crippen molar-refractivity contribution in [2.75, 3.05) is 0 Å². The molecule has 0 atom stereocenters. The first-order valence-electron chi connectivity index (χ1n) is 4.79. The summed E-state index contributed by atoms with van der Waals surface area (Å²) in [7, 11) is 0. The van der Waals surface area contributed by atoms with E-state index >= 15 is 0 Å². The molecule has 2 rings (SSSR count). The Kier molecular flexibility index (Phi) is 2.46. The standard InChI is InChI=1S/C11H13ClN2/c1-8(2)6-11-13-7-9-4-3-5-10(12)14(9)11/h3-5,7-8H,6H2,1-2H3. The predicted octanol–water partition coefficient (Wildman–Crippen LogP) is 3.19. The number of rotatable bonds is 2. The van der Waals surface area contributed by atoms with Crippen LogP contribution in [0.1, 0.15) is 19.7 Å². The first-order valence-corrected chi connectivity index (χ1v) is 5.17. The number of hydrogen-bond acceptors (Lipinski definition) is 1. The van der Waals surface area contributed by atoms with E-state index in [0.717, 1.165) is 22.9 Å². The largest absolute Gasteiger partial charge is 0.287 e. The molecule has 0 fully saturated rings. The number of aromatic nitrogens is 2. The number of nitrogens with zero attached hydrogens (tertiary/aromatic N) is 2. The molecule has 0 unspecified atom stereocenters. The van der Waals surface area contributed by atoms with E-state index in [1.165, 1.54) is 0 Å². The Hall–Kier alpha value is -1.02. The molecule has 0 N–H and O–H groups in total. The van der Waals surface area contributed by atoms with Crippen LogP contribution in [0.4, 0.5) is 0 Å². The molecule has 0 saturated carbocycles. The lowest BCUT2D eigenvalue weighted by atomic mass is 10.1. The summed E-state index contributed by atoms with van der Waals surface area (Å²) in [6, 6.07) is 5.85. The van der Waals surface area contributed by atoms with Gasteiger partial charge in [-0.2, -0.15) is 0 Å². The van der Waals surface area contributed by atoms with Crippen LogP contribution >= 0.6 is 11.6 Å². The number of hydrogen-bond donors (Lipinski definition) is 0. The number of pyridine rings is 1. The Labute approximate surface area is 88.5 Å². The molecule has 0 aromatic carbocycles. The van der Waals surface area contributed by atoms with E-state index in [2.05, 4.69) is 18.8 Å². The molecule has 0 aliphatic carbocycles. The minimum atomic E-state index is 0.594. The lowest BCUT2D eigenvalue weighted by Crippen LogP contribution is -2.01. The summed E-state index contributed by atoms with van der Waals surface area (Å²) in [6.07, 6.45) is 2.82. The normalized spacial score (nSPS) is 11.4. The second kappa shape index (κ2) is 3.62. The van der Waals surface area contributed by atoms with Gasteiger partial charge >= 0.3 is 0 Å². The average molecular weight is 209 g/mol. The highest BCUT2D eigenvalue weighted by Crippen LogP contribution is 2.17. The van der Waals surface area contributed by atoms with Crippen LogP contribution in [-0.2, 0) is 6.42 Å². The maximum Gasteiger partial charge on any atom is 0.114 e. The number of fused-ring (bicyclic) bond motifs is 1. The van der Waals surface area contributed by atoms with Crippen molar-refractivity contribution in [1.82, 2.24) is 9.38 Å². The number of halogens is 1. The summed E-state index contributed by atoms with van der Waals surface area (Å²) in [6.45, 7) is 4.36. The van der Waals surface area contributed by atoms with Gasteiger partial charge in [0.2, 0.25) is 0 Å². The van der Waals surface area contributed by atoms with Crippen LogP contribution in [0.15, 0.2) is 24.4 Å². The van der Waals surface area contributed by atoms with Crippen LogP contribution in [0.5, 0.6) is 0 Å². The van der Waals surface area contributed by atoms with Gasteiger partial charge in [0.1, 0.15) is 11.0 Å². The summed E-state index contributed by atoms with van der Waals surface area (Å²) in [5.41, 5.74) is 1.06. The van der Waals surface area contributed by atoms with Crippen LogP contribution in [-0.4, -0.2) is 9.38 Å². The van der Waals surface area contributed by atoms with Gasteiger partial charge in [-0.15, -0.1) is 0 Å². The molecule has 3 heteroatoms. The van der Waals surface area contributed by atoms with Gasteiger partial charge in [-0.05, 0) is 18.1 Å². The molecule has 74 valence electrons. The fourth-order valence-electron chi connectivity index (χ4n) is 1.58. The van der Waals surface area contributed by atoms with Crippen molar-refractivity contribution in [3.63, 3.8) is 0 Å². The van der Waals surface area contributed by atoms with Crippen LogP contribution < -0.4 is 0 Å². The summed E-state index contributed by atoms with van der Waals surface area (Å²) in [4.78, 5) is 4.37. The van der Waals surface area contributed by atoms with Crippen LogP contribution in [0, 0.1) is 5.92 Å². The molecule has 2 aromatic rings. The van der Waals surface area contributed by atoms with Gasteiger partial charge in [0.05, 0.1) is 11.7 Å². The third kappa shape index (κ3) is 1.62. The van der Waals surface area contributed by atoms with Crippen molar-refractivity contribution in [3.05, 3.63) is 35.4 Å². The second-order valence-electron chi connectivity index (χ2n) is 3.88. The fraction of sp³-hybridized carbons (Fsp3) is 0.364. The molecule has 0 bridgehead atoms. The first-order chi connectivity index (χ1) is 6.68. The summed E-state index contributed by atoms with van der Waals surface area (Å²) in [5.74, 6) is 1.64. The maximum absolute atomic E-state index is 6.11. The topological polar surface area (TPSA) is 17.3 Å². The SMILES string of the molecule is CC(C)Cc1ncc2cccc(Cl)n12. The molecule has 0 aliphatic rings. The zero-order chi connectivity index (χ0) is 10.1. The van der Waals surface area contributed by atoms with Gasteiger partial charge in [0, 0.05) is 6.42 Å². The summed E-state index contributed by atoms with van der Waals surface area (Å²) < 4.78 is 2.00. The van der Waals surface area contributed by atoms with E-state index in [-0.39, 0.29) is 0 Å². The van der Waals surface area contributed by atoms with E-state index in [4.69, 9.17) is 11.6 Å². The lowest BCUT2D eigenvalue weighted by Gasteiger charge is -2.05. The Morgan fingerprint density at radius 3 is 2.93 bits per heavy atom. The highest BCUT2D eigenvalue weighted by Gasteiger charge is 2.07. The van der Waals surface area contributed by atoms with Gasteiger partial charge in [0.15, 0.2) is 0 Å². The average Bonchev–Trinajstić information content (AvgIpc) is 2.49. The van der Waals surface area contributed by atoms with Gasteiger partial charge < -0.3 is 0 Å². The highest BCUT2D eigenvalue weighted by molar-refractivity contribution is 6.29. The molecule has 0 aliphatic heterocycles. The third-order valence-corrected chi connectivity index (χ3v) is 2.46. The molecular formula is C11H13ClN2. The summed E-state index contributed by atoms with van der Waals surface area (Å²) in [5, 5.41) is 0.732. The summed E-state index contributed by atoms with van der Waals surface area (Å²) >= 11 is 6.11. The minimum Gasteiger partial charge on any atom is -0.287 e. The molecule has 0 spiro atoms. The minimum absolute atomic E-state index is 0.594. The Morgan fingerprint density at radius 2 is 2.21 bits per heavy atom. The van der Waals surface area contributed by atoms with E-state index < -0.39 is 0 Å². The number of imidazole rings is 1. The molecule has 14 heavy (non-hydrogen) atoms. The molecule has 0 saturated heterocycles. The van der Waals surface area contributed by atoms with Crippen molar-refractivity contribution >= 4 is 17.1 Å². The van der Waals surface area contributed by atoms with E-state index in [1.54, 1.807) is 0 Å². The van der Waals surface area contributed by atoms with Crippen molar-refractivity contribution in [2.24, 2.45) is 5.92 Å². The van der Waals surface area contributed by atoms with E-state index in [0.29, 0.717) is 5.92 Å². The maximum atomic E-state index is 6.11. The molecule has 0 amide bonds. The molecule has 2 nitrogen and oxygen atoms in total. The third-order valence-electron chi connectivity index (χ3n) is 2.17. The Bertz CT molecular complexity index is 445. The Morgan fingerprint density at radius 1 is 1.43 bits per heavy atom. The van der Waals surface area contributed by atoms with Gasteiger partial charge in [-0.1, -0.05) is 31.5 Å². The molecule has 2 aromatic heterocycles. The smallest absolute Gasteiger partial charge is 0.114 e. The van der Waals surface area contributed by atoms with Crippen molar-refractivity contribution in [3.8, 4) is 0 Å². The van der Waals surface area contributed by atoms with E-state index in [9.17, 15) is 0 Å². The molecular weight excluding hydrogens is 196 g/mol. The Balaban J connectivity index is 2.55. The first kappa shape index (κ1) is 9.53. The highest BCUT2D eigenvalue weighted by atomic mass is 35.5. The zero-order valence-electron chi connectivity index (χ0n) is 8.37. The lowest BCUT2D eigenvalue weighted by molar-refractivity contribution is 0.619. The van der Waals surface area contributed by atoms with Gasteiger partial charge in [-0.3, -0.25) is 4.40 Å². The van der Waals surface area contributed by atoms with Crippen LogP contribution in [0.3, 0.4) is 0 Å². The van der Waals surface area contributed by atoms with Gasteiger partial charge in [-0.25, -0.2) is 4.98 Å². The second-order valence-corrected chi connectivity index (χ2v) is 4.27. The van der Waals surface area contributed by atoms with Crippen molar-refractivity contribution < 1.29 is 0 Å². The zero-order valence-corrected chi connectivity index (χ0v) is 9.12. The predicted molar refractivity (Wildman–Crippen MR) is 58.7 cm³/mol. The van der Waals surface area contributed by atoms with Crippen molar-refractivity contribution in [1.29, 1.82) is 0 Å². The fourth-order valence-corrected chi connectivity index (χ4v) is 1.85. The van der Waals surface area contributed by atoms with Crippen LogP contribution in [0.25, 0.3) is 5.52 Å². The molecule has 2 heterocycles. The van der Waals surface area contributed by atoms with E-state index in [1.807, 2.05) is 28.8 Å². The van der Waals surface area contributed by atoms with Gasteiger partial charge in [0.25, 0.3) is 0 Å². The molecule has 0 radical (unpaired) electrons.